The fourth-order valence-corrected chi connectivity index (χ4v) is 3.35. The van der Waals surface area contributed by atoms with Crippen molar-refractivity contribution in [2.45, 2.75) is 26.2 Å². The number of urea groups is 1. The molecule has 0 radical (unpaired) electrons. The molecule has 140 valence electrons. The third-order valence-electron chi connectivity index (χ3n) is 4.11. The number of benzene rings is 2. The van der Waals surface area contributed by atoms with Crippen molar-refractivity contribution in [2.24, 2.45) is 0 Å². The molecule has 1 heterocycles. The van der Waals surface area contributed by atoms with Gasteiger partial charge in [0.25, 0.3) is 0 Å². The van der Waals surface area contributed by atoms with Crippen molar-refractivity contribution in [1.82, 2.24) is 4.98 Å². The summed E-state index contributed by atoms with van der Waals surface area (Å²) in [5.74, 6) is 0.804. The van der Waals surface area contributed by atoms with Crippen LogP contribution in [0.2, 0.25) is 0 Å². The topological polar surface area (TPSA) is 63.2 Å². The lowest BCUT2D eigenvalue weighted by molar-refractivity contribution is 0.262. The number of anilines is 2. The van der Waals surface area contributed by atoms with Gasteiger partial charge >= 0.3 is 6.03 Å². The smallest absolute Gasteiger partial charge is 0.325 e. The summed E-state index contributed by atoms with van der Waals surface area (Å²) < 4.78 is 5.17. The van der Waals surface area contributed by atoms with Gasteiger partial charge in [-0.15, -0.1) is 0 Å². The third kappa shape index (κ3) is 4.86. The van der Waals surface area contributed by atoms with Gasteiger partial charge in [0, 0.05) is 11.9 Å². The second-order valence-electron chi connectivity index (χ2n) is 7.16. The van der Waals surface area contributed by atoms with Crippen molar-refractivity contribution < 1.29 is 9.53 Å². The van der Waals surface area contributed by atoms with Crippen molar-refractivity contribution in [3.63, 3.8) is 0 Å². The van der Waals surface area contributed by atoms with Gasteiger partial charge < -0.3 is 10.1 Å². The number of thiazole rings is 1. The Bertz CT molecular complexity index is 910. The Morgan fingerprint density at radius 1 is 1.00 bits per heavy atom. The van der Waals surface area contributed by atoms with E-state index in [4.69, 9.17) is 4.74 Å². The summed E-state index contributed by atoms with van der Waals surface area (Å²) in [6.45, 7) is 6.47. The lowest BCUT2D eigenvalue weighted by Crippen LogP contribution is -2.19. The molecule has 0 atom stereocenters. The predicted octanol–water partition coefficient (Wildman–Crippen LogP) is 5.76. The first-order chi connectivity index (χ1) is 12.8. The fraction of sp³-hybridized carbons (Fsp3) is 0.238. The van der Waals surface area contributed by atoms with Crippen LogP contribution < -0.4 is 15.4 Å². The molecule has 3 aromatic rings. The standard InChI is InChI=1S/C21H23N3O2S/c1-21(2,3)15-7-9-16(10-8-15)23-19(25)24-20-22-13-18(27-20)14-5-11-17(26-4)12-6-14/h5-13H,1-4H3,(H2,22,23,24,25). The van der Waals surface area contributed by atoms with Gasteiger partial charge in [-0.1, -0.05) is 44.2 Å². The van der Waals surface area contributed by atoms with E-state index >= 15 is 0 Å². The van der Waals surface area contributed by atoms with Crippen LogP contribution in [0.1, 0.15) is 26.3 Å². The zero-order valence-corrected chi connectivity index (χ0v) is 16.7. The Kier molecular flexibility index (Phi) is 5.46. The predicted molar refractivity (Wildman–Crippen MR) is 112 cm³/mol. The van der Waals surface area contributed by atoms with Crippen LogP contribution in [0.25, 0.3) is 10.4 Å². The molecule has 2 amide bonds. The minimum absolute atomic E-state index is 0.0829. The summed E-state index contributed by atoms with van der Waals surface area (Å²) in [6.07, 6.45) is 1.75. The molecule has 5 nitrogen and oxygen atoms in total. The second kappa shape index (κ2) is 7.80. The Morgan fingerprint density at radius 3 is 2.26 bits per heavy atom. The SMILES string of the molecule is COc1ccc(-c2cnc(NC(=O)Nc3ccc(C(C)(C)C)cc3)s2)cc1. The molecule has 27 heavy (non-hydrogen) atoms. The van der Waals surface area contributed by atoms with Crippen LogP contribution in [0, 0.1) is 0 Å². The van der Waals surface area contributed by atoms with Gasteiger partial charge in [0.1, 0.15) is 5.75 Å². The van der Waals surface area contributed by atoms with E-state index < -0.39 is 0 Å². The zero-order chi connectivity index (χ0) is 19.4. The number of ether oxygens (including phenoxy) is 1. The molecule has 0 bridgehead atoms. The zero-order valence-electron chi connectivity index (χ0n) is 15.9. The van der Waals surface area contributed by atoms with Crippen molar-refractivity contribution in [1.29, 1.82) is 0 Å². The molecule has 0 aliphatic carbocycles. The fourth-order valence-electron chi connectivity index (χ4n) is 2.53. The first kappa shape index (κ1) is 18.9. The first-order valence-electron chi connectivity index (χ1n) is 8.64. The molecule has 0 fully saturated rings. The molecule has 0 aliphatic heterocycles. The maximum Gasteiger partial charge on any atom is 0.325 e. The minimum Gasteiger partial charge on any atom is -0.497 e. The molecular weight excluding hydrogens is 358 g/mol. The van der Waals surface area contributed by atoms with Crippen molar-refractivity contribution >= 4 is 28.2 Å². The van der Waals surface area contributed by atoms with Crippen LogP contribution >= 0.6 is 11.3 Å². The molecule has 0 saturated carbocycles. The first-order valence-corrected chi connectivity index (χ1v) is 9.45. The number of aromatic nitrogens is 1. The Hall–Kier alpha value is -2.86. The van der Waals surface area contributed by atoms with Crippen LogP contribution in [-0.2, 0) is 5.41 Å². The van der Waals surface area contributed by atoms with E-state index in [9.17, 15) is 4.79 Å². The lowest BCUT2D eigenvalue weighted by Gasteiger charge is -2.19. The van der Waals surface area contributed by atoms with E-state index in [1.807, 2.05) is 48.5 Å². The van der Waals surface area contributed by atoms with Crippen molar-refractivity contribution in [3.8, 4) is 16.2 Å². The summed E-state index contributed by atoms with van der Waals surface area (Å²) in [5, 5.41) is 6.16. The quantitative estimate of drug-likeness (QED) is 0.604. The average Bonchev–Trinajstić information content (AvgIpc) is 3.09. The lowest BCUT2D eigenvalue weighted by atomic mass is 9.87. The summed E-state index contributed by atoms with van der Waals surface area (Å²) in [5.41, 5.74) is 3.07. The number of hydrogen-bond donors (Lipinski definition) is 2. The summed E-state index contributed by atoms with van der Waals surface area (Å²) >= 11 is 1.42. The number of methoxy groups -OCH3 is 1. The highest BCUT2D eigenvalue weighted by atomic mass is 32.1. The Labute approximate surface area is 163 Å². The largest absolute Gasteiger partial charge is 0.497 e. The third-order valence-corrected chi connectivity index (χ3v) is 5.07. The molecule has 2 N–H and O–H groups in total. The monoisotopic (exact) mass is 381 g/mol. The van der Waals surface area contributed by atoms with Crippen LogP contribution in [0.15, 0.2) is 54.7 Å². The van der Waals surface area contributed by atoms with E-state index in [0.29, 0.717) is 5.13 Å². The molecule has 6 heteroatoms. The van der Waals surface area contributed by atoms with Gasteiger partial charge in [0.2, 0.25) is 0 Å². The number of carbonyl (C=O) groups excluding carboxylic acids is 1. The van der Waals surface area contributed by atoms with E-state index in [0.717, 1.165) is 21.9 Å². The molecule has 0 aliphatic rings. The molecular formula is C21H23N3O2S. The van der Waals surface area contributed by atoms with Gasteiger partial charge in [-0.2, -0.15) is 0 Å². The van der Waals surface area contributed by atoms with E-state index in [2.05, 4.69) is 36.4 Å². The van der Waals surface area contributed by atoms with Crippen LogP contribution in [0.5, 0.6) is 5.75 Å². The molecule has 2 aromatic carbocycles. The van der Waals surface area contributed by atoms with Crippen LogP contribution in [0.4, 0.5) is 15.6 Å². The Morgan fingerprint density at radius 2 is 1.67 bits per heavy atom. The summed E-state index contributed by atoms with van der Waals surface area (Å²) in [4.78, 5) is 17.5. The van der Waals surface area contributed by atoms with E-state index in [1.165, 1.54) is 16.9 Å². The van der Waals surface area contributed by atoms with Gasteiger partial charge in [-0.3, -0.25) is 5.32 Å². The molecule has 0 spiro atoms. The highest BCUT2D eigenvalue weighted by Crippen LogP contribution is 2.30. The highest BCUT2D eigenvalue weighted by molar-refractivity contribution is 7.19. The normalized spacial score (nSPS) is 11.1. The van der Waals surface area contributed by atoms with Gasteiger partial charge in [0.05, 0.1) is 12.0 Å². The van der Waals surface area contributed by atoms with Crippen molar-refractivity contribution in [3.05, 3.63) is 60.3 Å². The maximum atomic E-state index is 12.2. The molecule has 1 aromatic heterocycles. The van der Waals surface area contributed by atoms with E-state index in [1.54, 1.807) is 13.3 Å². The van der Waals surface area contributed by atoms with Gasteiger partial charge in [-0.05, 0) is 52.9 Å². The molecule has 3 rings (SSSR count). The second-order valence-corrected chi connectivity index (χ2v) is 8.20. The van der Waals surface area contributed by atoms with Gasteiger partial charge in [0.15, 0.2) is 5.13 Å². The molecule has 0 saturated heterocycles. The van der Waals surface area contributed by atoms with Crippen LogP contribution in [-0.4, -0.2) is 18.1 Å². The van der Waals surface area contributed by atoms with Crippen LogP contribution in [0.3, 0.4) is 0 Å². The van der Waals surface area contributed by atoms with E-state index in [-0.39, 0.29) is 11.4 Å². The number of amides is 2. The van der Waals surface area contributed by atoms with Gasteiger partial charge in [-0.25, -0.2) is 9.78 Å². The number of nitrogens with one attached hydrogen (secondary N) is 2. The van der Waals surface area contributed by atoms with Crippen molar-refractivity contribution in [2.75, 3.05) is 17.7 Å². The summed E-state index contributed by atoms with van der Waals surface area (Å²) in [6, 6.07) is 15.3. The summed E-state index contributed by atoms with van der Waals surface area (Å²) in [7, 11) is 1.64. The average molecular weight is 382 g/mol. The number of nitrogens with zero attached hydrogens (tertiary/aromatic N) is 1. The minimum atomic E-state index is -0.311. The maximum absolute atomic E-state index is 12.2. The molecule has 0 unspecified atom stereocenters. The number of carbonyl (C=O) groups is 1. The number of rotatable bonds is 4. The Balaban J connectivity index is 1.62. The number of hydrogen-bond acceptors (Lipinski definition) is 4. The highest BCUT2D eigenvalue weighted by Gasteiger charge is 2.13.